The number of halogens is 2. The summed E-state index contributed by atoms with van der Waals surface area (Å²) >= 11 is 1.57. The van der Waals surface area contributed by atoms with Crippen LogP contribution in [0.5, 0.6) is 0 Å². The van der Waals surface area contributed by atoms with E-state index in [1.54, 1.807) is 11.3 Å². The van der Waals surface area contributed by atoms with E-state index in [0.717, 1.165) is 21.6 Å². The van der Waals surface area contributed by atoms with Crippen LogP contribution in [-0.4, -0.2) is 29.5 Å². The van der Waals surface area contributed by atoms with Crippen molar-refractivity contribution in [1.29, 1.82) is 0 Å². The van der Waals surface area contributed by atoms with E-state index >= 15 is 0 Å². The van der Waals surface area contributed by atoms with Gasteiger partial charge >= 0.3 is 0 Å². The minimum absolute atomic E-state index is 0.390. The Morgan fingerprint density at radius 3 is 2.88 bits per heavy atom. The monoisotopic (exact) mass is 255 g/mol. The number of thiophene rings is 1. The fraction of sp³-hybridized carbons (Fsp3) is 0.455. The Bertz CT molecular complexity index is 549. The van der Waals surface area contributed by atoms with E-state index in [1.807, 2.05) is 17.2 Å². The topological polar surface area (TPSA) is 29.0 Å². The van der Waals surface area contributed by atoms with Crippen LogP contribution in [0, 0.1) is 12.8 Å². The second-order valence-corrected chi connectivity index (χ2v) is 5.17. The standard InChI is InChI=1S/C11H11F2N3S/c1-6-4-17-9-8(6)14-5-15-11(9)16-2-7(3-16)10(12)13/h4-5,7,10H,2-3H2,1H3. The number of aromatic nitrogens is 2. The number of hydrogen-bond donors (Lipinski definition) is 0. The molecule has 0 spiro atoms. The molecule has 1 aliphatic heterocycles. The minimum Gasteiger partial charge on any atom is -0.354 e. The van der Waals surface area contributed by atoms with E-state index < -0.39 is 12.3 Å². The summed E-state index contributed by atoms with van der Waals surface area (Å²) in [5.41, 5.74) is 2.04. The van der Waals surface area contributed by atoms with Gasteiger partial charge in [-0.1, -0.05) is 0 Å². The molecular formula is C11H11F2N3S. The molecule has 0 aliphatic carbocycles. The molecule has 0 amide bonds. The van der Waals surface area contributed by atoms with Crippen LogP contribution in [-0.2, 0) is 0 Å². The van der Waals surface area contributed by atoms with Crippen LogP contribution in [0.3, 0.4) is 0 Å². The lowest BCUT2D eigenvalue weighted by Gasteiger charge is -2.39. The first-order chi connectivity index (χ1) is 8.16. The lowest BCUT2D eigenvalue weighted by molar-refractivity contribution is 0.0612. The van der Waals surface area contributed by atoms with E-state index in [0.29, 0.717) is 13.1 Å². The van der Waals surface area contributed by atoms with Gasteiger partial charge in [-0.05, 0) is 17.9 Å². The molecular weight excluding hydrogens is 244 g/mol. The first-order valence-corrected chi connectivity index (χ1v) is 6.26. The molecule has 1 aliphatic rings. The maximum absolute atomic E-state index is 12.4. The van der Waals surface area contributed by atoms with Gasteiger partial charge in [0, 0.05) is 13.1 Å². The van der Waals surface area contributed by atoms with Gasteiger partial charge in [0.15, 0.2) is 0 Å². The molecule has 1 saturated heterocycles. The predicted molar refractivity (Wildman–Crippen MR) is 63.9 cm³/mol. The number of fused-ring (bicyclic) bond motifs is 1. The normalized spacial score (nSPS) is 16.8. The molecule has 17 heavy (non-hydrogen) atoms. The van der Waals surface area contributed by atoms with Gasteiger partial charge in [0.2, 0.25) is 6.43 Å². The Balaban J connectivity index is 1.92. The van der Waals surface area contributed by atoms with Gasteiger partial charge in [-0.2, -0.15) is 0 Å². The van der Waals surface area contributed by atoms with Gasteiger partial charge in [-0.15, -0.1) is 11.3 Å². The number of hydrogen-bond acceptors (Lipinski definition) is 4. The number of aryl methyl sites for hydroxylation is 1. The lowest BCUT2D eigenvalue weighted by atomic mass is 10.0. The molecule has 0 N–H and O–H groups in total. The maximum atomic E-state index is 12.4. The summed E-state index contributed by atoms with van der Waals surface area (Å²) in [5.74, 6) is 0.283. The molecule has 0 aromatic carbocycles. The second-order valence-electron chi connectivity index (χ2n) is 4.29. The molecule has 3 nitrogen and oxygen atoms in total. The maximum Gasteiger partial charge on any atom is 0.244 e. The summed E-state index contributed by atoms with van der Waals surface area (Å²) in [6.07, 6.45) is -0.721. The summed E-state index contributed by atoms with van der Waals surface area (Å²) in [6, 6.07) is 0. The molecule has 90 valence electrons. The molecule has 1 fully saturated rings. The third kappa shape index (κ3) is 1.67. The third-order valence-corrected chi connectivity index (χ3v) is 4.16. The molecule has 0 saturated carbocycles. The minimum atomic E-state index is -2.23. The Kier molecular flexibility index (Phi) is 2.47. The van der Waals surface area contributed by atoms with E-state index in [1.165, 1.54) is 6.33 Å². The van der Waals surface area contributed by atoms with Crippen molar-refractivity contribution in [2.24, 2.45) is 5.92 Å². The van der Waals surface area contributed by atoms with Crippen molar-refractivity contribution in [2.45, 2.75) is 13.3 Å². The average molecular weight is 255 g/mol. The molecule has 0 radical (unpaired) electrons. The SMILES string of the molecule is Cc1csc2c(N3CC(C(F)F)C3)ncnc12. The quantitative estimate of drug-likeness (QED) is 0.826. The molecule has 2 aromatic heterocycles. The highest BCUT2D eigenvalue weighted by Gasteiger charge is 2.35. The highest BCUT2D eigenvalue weighted by molar-refractivity contribution is 7.18. The first kappa shape index (κ1) is 10.8. The van der Waals surface area contributed by atoms with E-state index in [4.69, 9.17) is 0 Å². The molecule has 2 aromatic rings. The zero-order valence-electron chi connectivity index (χ0n) is 9.23. The third-order valence-electron chi connectivity index (χ3n) is 3.08. The molecule has 3 heterocycles. The van der Waals surface area contributed by atoms with Crippen LogP contribution in [0.4, 0.5) is 14.6 Å². The van der Waals surface area contributed by atoms with Crippen molar-refractivity contribution in [1.82, 2.24) is 9.97 Å². The van der Waals surface area contributed by atoms with Crippen LogP contribution < -0.4 is 4.90 Å². The molecule has 6 heteroatoms. The van der Waals surface area contributed by atoms with Gasteiger partial charge in [-0.3, -0.25) is 0 Å². The number of rotatable bonds is 2. The second kappa shape index (κ2) is 3.87. The number of nitrogens with zero attached hydrogens (tertiary/aromatic N) is 3. The van der Waals surface area contributed by atoms with Crippen LogP contribution >= 0.6 is 11.3 Å². The fourth-order valence-electron chi connectivity index (χ4n) is 2.03. The molecule has 0 atom stereocenters. The lowest BCUT2D eigenvalue weighted by Crippen LogP contribution is -2.50. The number of alkyl halides is 2. The van der Waals surface area contributed by atoms with E-state index in [-0.39, 0.29) is 0 Å². The summed E-state index contributed by atoms with van der Waals surface area (Å²) in [6.45, 7) is 2.77. The van der Waals surface area contributed by atoms with Crippen molar-refractivity contribution in [2.75, 3.05) is 18.0 Å². The molecule has 0 bridgehead atoms. The summed E-state index contributed by atoms with van der Waals surface area (Å²) < 4.78 is 25.9. The van der Waals surface area contributed by atoms with Crippen LogP contribution in [0.1, 0.15) is 5.56 Å². The fourth-order valence-corrected chi connectivity index (χ4v) is 3.05. The highest BCUT2D eigenvalue weighted by Crippen LogP contribution is 2.35. The Labute approximate surface area is 101 Å². The van der Waals surface area contributed by atoms with Crippen molar-refractivity contribution >= 4 is 27.4 Å². The first-order valence-electron chi connectivity index (χ1n) is 5.38. The zero-order chi connectivity index (χ0) is 12.0. The number of anilines is 1. The van der Waals surface area contributed by atoms with Crippen molar-refractivity contribution in [3.05, 3.63) is 17.3 Å². The Morgan fingerprint density at radius 1 is 1.41 bits per heavy atom. The smallest absolute Gasteiger partial charge is 0.244 e. The molecule has 3 rings (SSSR count). The van der Waals surface area contributed by atoms with Crippen molar-refractivity contribution in [3.8, 4) is 0 Å². The zero-order valence-corrected chi connectivity index (χ0v) is 10.0. The highest BCUT2D eigenvalue weighted by atomic mass is 32.1. The van der Waals surface area contributed by atoms with Gasteiger partial charge in [0.05, 0.1) is 16.1 Å². The van der Waals surface area contributed by atoms with Crippen LogP contribution in [0.2, 0.25) is 0 Å². The van der Waals surface area contributed by atoms with E-state index in [2.05, 4.69) is 9.97 Å². The Hall–Kier alpha value is -1.30. The average Bonchev–Trinajstić information content (AvgIpc) is 2.59. The van der Waals surface area contributed by atoms with E-state index in [9.17, 15) is 8.78 Å². The van der Waals surface area contributed by atoms with Gasteiger partial charge in [0.25, 0.3) is 0 Å². The van der Waals surface area contributed by atoms with Crippen LogP contribution in [0.15, 0.2) is 11.7 Å². The van der Waals surface area contributed by atoms with Gasteiger partial charge in [-0.25, -0.2) is 18.7 Å². The predicted octanol–water partition coefficient (Wildman–Crippen LogP) is 2.70. The molecule has 0 unspecified atom stereocenters. The summed E-state index contributed by atoms with van der Waals surface area (Å²) in [7, 11) is 0. The van der Waals surface area contributed by atoms with Crippen LogP contribution in [0.25, 0.3) is 10.2 Å². The van der Waals surface area contributed by atoms with Crippen molar-refractivity contribution in [3.63, 3.8) is 0 Å². The van der Waals surface area contributed by atoms with Gasteiger partial charge < -0.3 is 4.90 Å². The largest absolute Gasteiger partial charge is 0.354 e. The summed E-state index contributed by atoms with van der Waals surface area (Å²) in [4.78, 5) is 10.3. The van der Waals surface area contributed by atoms with Crippen molar-refractivity contribution < 1.29 is 8.78 Å². The summed E-state index contributed by atoms with van der Waals surface area (Å²) in [5, 5.41) is 2.02. The van der Waals surface area contributed by atoms with Gasteiger partial charge in [0.1, 0.15) is 12.1 Å². The Morgan fingerprint density at radius 2 is 2.18 bits per heavy atom.